The summed E-state index contributed by atoms with van der Waals surface area (Å²) in [6.45, 7) is 1.10. The summed E-state index contributed by atoms with van der Waals surface area (Å²) < 4.78 is 25.2. The highest BCUT2D eigenvalue weighted by molar-refractivity contribution is 7.89. The average molecular weight is 382 g/mol. The molecule has 1 aliphatic rings. The van der Waals surface area contributed by atoms with Crippen molar-refractivity contribution in [1.29, 1.82) is 0 Å². The summed E-state index contributed by atoms with van der Waals surface area (Å²) >= 11 is 0. The van der Waals surface area contributed by atoms with Crippen LogP contribution < -0.4 is 5.32 Å². The molecule has 0 unspecified atom stereocenters. The SMILES string of the molecule is CN(C)C(=O)N1CCC(C(=O)Nc2ccc(S(=O)(=O)N(C)C)cc2)CC1. The second kappa shape index (κ2) is 8.05. The number of likely N-dealkylation sites (tertiary alicyclic amines) is 1. The van der Waals surface area contributed by atoms with E-state index in [2.05, 4.69) is 5.32 Å². The summed E-state index contributed by atoms with van der Waals surface area (Å²) in [5.41, 5.74) is 0.555. The van der Waals surface area contributed by atoms with Gasteiger partial charge in [-0.05, 0) is 37.1 Å². The molecule has 144 valence electrons. The molecule has 26 heavy (non-hydrogen) atoms. The molecule has 1 aromatic carbocycles. The van der Waals surface area contributed by atoms with Crippen molar-refractivity contribution in [1.82, 2.24) is 14.1 Å². The summed E-state index contributed by atoms with van der Waals surface area (Å²) in [4.78, 5) is 27.8. The minimum Gasteiger partial charge on any atom is -0.331 e. The number of rotatable bonds is 4. The Hall–Kier alpha value is -2.13. The van der Waals surface area contributed by atoms with Gasteiger partial charge in [0.05, 0.1) is 4.90 Å². The second-order valence-corrected chi connectivity index (χ2v) is 8.89. The fourth-order valence-electron chi connectivity index (χ4n) is 2.78. The van der Waals surface area contributed by atoms with Gasteiger partial charge >= 0.3 is 6.03 Å². The van der Waals surface area contributed by atoms with Crippen molar-refractivity contribution < 1.29 is 18.0 Å². The van der Waals surface area contributed by atoms with Gasteiger partial charge in [0.2, 0.25) is 15.9 Å². The van der Waals surface area contributed by atoms with Crippen LogP contribution in [0, 0.1) is 5.92 Å². The third-order valence-corrected chi connectivity index (χ3v) is 6.25. The number of hydrogen-bond donors (Lipinski definition) is 1. The Morgan fingerprint density at radius 2 is 1.58 bits per heavy atom. The number of piperidine rings is 1. The van der Waals surface area contributed by atoms with E-state index in [4.69, 9.17) is 0 Å². The number of carbonyl (C=O) groups excluding carboxylic acids is 2. The van der Waals surface area contributed by atoms with Gasteiger partial charge in [0.15, 0.2) is 0 Å². The van der Waals surface area contributed by atoms with E-state index in [-0.39, 0.29) is 22.8 Å². The normalized spacial score (nSPS) is 15.8. The molecule has 0 radical (unpaired) electrons. The third-order valence-electron chi connectivity index (χ3n) is 4.42. The van der Waals surface area contributed by atoms with Gasteiger partial charge in [0, 0.05) is 52.9 Å². The molecule has 1 N–H and O–H groups in total. The van der Waals surface area contributed by atoms with Gasteiger partial charge < -0.3 is 15.1 Å². The lowest BCUT2D eigenvalue weighted by molar-refractivity contribution is -0.121. The van der Waals surface area contributed by atoms with Gasteiger partial charge in [-0.25, -0.2) is 17.5 Å². The summed E-state index contributed by atoms with van der Waals surface area (Å²) in [6.07, 6.45) is 1.22. The van der Waals surface area contributed by atoms with E-state index in [0.29, 0.717) is 31.6 Å². The number of urea groups is 1. The lowest BCUT2D eigenvalue weighted by Crippen LogP contribution is -2.45. The van der Waals surface area contributed by atoms with Crippen molar-refractivity contribution >= 4 is 27.6 Å². The maximum Gasteiger partial charge on any atom is 0.319 e. The van der Waals surface area contributed by atoms with Crippen LogP contribution in [0.25, 0.3) is 0 Å². The van der Waals surface area contributed by atoms with Crippen molar-refractivity contribution in [2.45, 2.75) is 17.7 Å². The van der Waals surface area contributed by atoms with Crippen LogP contribution in [0.5, 0.6) is 0 Å². The van der Waals surface area contributed by atoms with Crippen LogP contribution in [0.3, 0.4) is 0 Å². The van der Waals surface area contributed by atoms with Crippen LogP contribution >= 0.6 is 0 Å². The molecule has 3 amide bonds. The average Bonchev–Trinajstić information content (AvgIpc) is 2.61. The molecular formula is C17H26N4O4S. The maximum absolute atomic E-state index is 12.4. The van der Waals surface area contributed by atoms with Crippen molar-refractivity contribution in [2.24, 2.45) is 5.92 Å². The van der Waals surface area contributed by atoms with Crippen molar-refractivity contribution in [3.63, 3.8) is 0 Å². The van der Waals surface area contributed by atoms with E-state index in [0.717, 1.165) is 4.31 Å². The van der Waals surface area contributed by atoms with Gasteiger partial charge in [-0.3, -0.25) is 4.79 Å². The minimum atomic E-state index is -3.48. The first-order valence-corrected chi connectivity index (χ1v) is 9.86. The van der Waals surface area contributed by atoms with Crippen LogP contribution in [0.4, 0.5) is 10.5 Å². The maximum atomic E-state index is 12.4. The Labute approximate surface area is 154 Å². The Bertz CT molecular complexity index is 751. The highest BCUT2D eigenvalue weighted by atomic mass is 32.2. The van der Waals surface area contributed by atoms with Gasteiger partial charge in [-0.1, -0.05) is 0 Å². The second-order valence-electron chi connectivity index (χ2n) is 6.74. The number of amides is 3. The van der Waals surface area contributed by atoms with E-state index in [1.807, 2.05) is 0 Å². The van der Waals surface area contributed by atoms with Gasteiger partial charge in [0.25, 0.3) is 0 Å². The zero-order valence-electron chi connectivity index (χ0n) is 15.6. The zero-order valence-corrected chi connectivity index (χ0v) is 16.4. The van der Waals surface area contributed by atoms with Gasteiger partial charge in [-0.15, -0.1) is 0 Å². The predicted octanol–water partition coefficient (Wildman–Crippen LogP) is 1.27. The quantitative estimate of drug-likeness (QED) is 0.849. The van der Waals surface area contributed by atoms with Crippen LogP contribution in [0.15, 0.2) is 29.2 Å². The molecule has 1 heterocycles. The van der Waals surface area contributed by atoms with Crippen LogP contribution in [-0.2, 0) is 14.8 Å². The molecule has 9 heteroatoms. The molecule has 0 aromatic heterocycles. The molecule has 1 fully saturated rings. The Morgan fingerprint density at radius 3 is 2.04 bits per heavy atom. The lowest BCUT2D eigenvalue weighted by atomic mass is 9.96. The number of anilines is 1. The molecule has 1 saturated heterocycles. The van der Waals surface area contributed by atoms with E-state index in [1.54, 1.807) is 31.1 Å². The number of sulfonamides is 1. The fraction of sp³-hybridized carbons (Fsp3) is 0.529. The van der Waals surface area contributed by atoms with Crippen molar-refractivity contribution in [2.75, 3.05) is 46.6 Å². The number of nitrogens with one attached hydrogen (secondary N) is 1. The summed E-state index contributed by atoms with van der Waals surface area (Å²) in [7, 11) is 2.88. The fourth-order valence-corrected chi connectivity index (χ4v) is 3.68. The van der Waals surface area contributed by atoms with Crippen LogP contribution in [0.1, 0.15) is 12.8 Å². The van der Waals surface area contributed by atoms with E-state index < -0.39 is 10.0 Å². The number of hydrogen-bond acceptors (Lipinski definition) is 4. The van der Waals surface area contributed by atoms with E-state index in [1.165, 1.54) is 31.1 Å². The number of benzene rings is 1. The number of nitrogens with zero attached hydrogens (tertiary/aromatic N) is 3. The molecule has 8 nitrogen and oxygen atoms in total. The van der Waals surface area contributed by atoms with Crippen LogP contribution in [-0.4, -0.2) is 75.7 Å². The largest absolute Gasteiger partial charge is 0.331 e. The first-order chi connectivity index (χ1) is 12.1. The monoisotopic (exact) mass is 382 g/mol. The predicted molar refractivity (Wildman–Crippen MR) is 99.3 cm³/mol. The van der Waals surface area contributed by atoms with E-state index >= 15 is 0 Å². The first-order valence-electron chi connectivity index (χ1n) is 8.42. The van der Waals surface area contributed by atoms with E-state index in [9.17, 15) is 18.0 Å². The Morgan fingerprint density at radius 1 is 1.04 bits per heavy atom. The summed E-state index contributed by atoms with van der Waals surface area (Å²) in [5.74, 6) is -0.267. The molecule has 0 bridgehead atoms. The first kappa shape index (κ1) is 20.2. The standard InChI is InChI=1S/C17H26N4O4S/c1-19(2)17(23)21-11-9-13(10-12-21)16(22)18-14-5-7-15(8-6-14)26(24,25)20(3)4/h5-8,13H,9-12H2,1-4H3,(H,18,22). The molecule has 0 atom stereocenters. The van der Waals surface area contributed by atoms with Crippen LogP contribution in [0.2, 0.25) is 0 Å². The Balaban J connectivity index is 1.94. The molecule has 0 aliphatic carbocycles. The molecule has 1 aliphatic heterocycles. The molecule has 2 rings (SSSR count). The number of carbonyl (C=O) groups is 2. The summed E-state index contributed by atoms with van der Waals surface area (Å²) in [6, 6.07) is 6.08. The van der Waals surface area contributed by atoms with Gasteiger partial charge in [-0.2, -0.15) is 0 Å². The van der Waals surface area contributed by atoms with Crippen molar-refractivity contribution in [3.8, 4) is 0 Å². The third kappa shape index (κ3) is 4.53. The highest BCUT2D eigenvalue weighted by Gasteiger charge is 2.28. The smallest absolute Gasteiger partial charge is 0.319 e. The van der Waals surface area contributed by atoms with Crippen molar-refractivity contribution in [3.05, 3.63) is 24.3 Å². The highest BCUT2D eigenvalue weighted by Crippen LogP contribution is 2.21. The zero-order chi connectivity index (χ0) is 19.5. The Kier molecular flexibility index (Phi) is 6.25. The minimum absolute atomic E-state index is 0.0402. The molecule has 0 saturated carbocycles. The molecular weight excluding hydrogens is 356 g/mol. The lowest BCUT2D eigenvalue weighted by Gasteiger charge is -2.33. The van der Waals surface area contributed by atoms with Gasteiger partial charge in [0.1, 0.15) is 0 Å². The molecule has 0 spiro atoms. The molecule has 1 aromatic rings. The topological polar surface area (TPSA) is 90.0 Å². The summed E-state index contributed by atoms with van der Waals surface area (Å²) in [5, 5.41) is 2.83.